The second-order valence-corrected chi connectivity index (χ2v) is 6.00. The molecule has 21 heavy (non-hydrogen) atoms. The van der Waals surface area contributed by atoms with Gasteiger partial charge in [-0.2, -0.15) is 0 Å². The normalized spacial score (nSPS) is 12.9. The second kappa shape index (κ2) is 6.50. The molecule has 4 heteroatoms. The first kappa shape index (κ1) is 14.4. The van der Waals surface area contributed by atoms with Crippen LogP contribution >= 0.6 is 15.9 Å². The van der Waals surface area contributed by atoms with Gasteiger partial charge in [0.25, 0.3) is 0 Å². The number of rotatable bonds is 5. The van der Waals surface area contributed by atoms with Gasteiger partial charge in [-0.05, 0) is 42.3 Å². The third kappa shape index (κ3) is 3.22. The Hall–Kier alpha value is -1.52. The summed E-state index contributed by atoms with van der Waals surface area (Å²) in [6.07, 6.45) is 1.79. The van der Waals surface area contributed by atoms with Crippen LogP contribution in [-0.2, 0) is 19.4 Å². The van der Waals surface area contributed by atoms with E-state index in [0.29, 0.717) is 13.2 Å². The molecule has 1 heterocycles. The average Bonchev–Trinajstić information content (AvgIpc) is 2.94. The molecule has 0 saturated heterocycles. The van der Waals surface area contributed by atoms with Crippen molar-refractivity contribution in [1.82, 2.24) is 0 Å². The summed E-state index contributed by atoms with van der Waals surface area (Å²) in [5.41, 5.74) is 9.13. The van der Waals surface area contributed by atoms with Crippen LogP contribution in [0.1, 0.15) is 16.7 Å². The van der Waals surface area contributed by atoms with Crippen LogP contribution in [0.5, 0.6) is 11.5 Å². The summed E-state index contributed by atoms with van der Waals surface area (Å²) < 4.78 is 12.8. The first-order valence-corrected chi connectivity index (χ1v) is 7.92. The molecule has 0 fully saturated rings. The molecule has 0 atom stereocenters. The SMILES string of the molecule is NCCc1ccccc1OCc1cc(Br)cc2c1OCC2. The van der Waals surface area contributed by atoms with Crippen molar-refractivity contribution >= 4 is 15.9 Å². The van der Waals surface area contributed by atoms with E-state index >= 15 is 0 Å². The molecule has 110 valence electrons. The van der Waals surface area contributed by atoms with Gasteiger partial charge in [-0.3, -0.25) is 0 Å². The summed E-state index contributed by atoms with van der Waals surface area (Å²) in [5, 5.41) is 0. The number of hydrogen-bond donors (Lipinski definition) is 1. The Morgan fingerprint density at radius 1 is 1.19 bits per heavy atom. The lowest BCUT2D eigenvalue weighted by molar-refractivity contribution is 0.289. The van der Waals surface area contributed by atoms with Gasteiger partial charge in [-0.1, -0.05) is 34.1 Å². The van der Waals surface area contributed by atoms with Crippen LogP contribution in [0.15, 0.2) is 40.9 Å². The Labute approximate surface area is 133 Å². The number of benzene rings is 2. The minimum Gasteiger partial charge on any atom is -0.493 e. The fourth-order valence-electron chi connectivity index (χ4n) is 2.62. The Morgan fingerprint density at radius 2 is 2.05 bits per heavy atom. The molecule has 0 aromatic heterocycles. The minimum absolute atomic E-state index is 0.503. The number of fused-ring (bicyclic) bond motifs is 1. The minimum atomic E-state index is 0.503. The number of halogens is 1. The second-order valence-electron chi connectivity index (χ2n) is 5.09. The fourth-order valence-corrected chi connectivity index (χ4v) is 3.17. The third-order valence-electron chi connectivity index (χ3n) is 3.59. The summed E-state index contributed by atoms with van der Waals surface area (Å²) in [4.78, 5) is 0. The van der Waals surface area contributed by atoms with Gasteiger partial charge in [0.2, 0.25) is 0 Å². The molecule has 3 rings (SSSR count). The van der Waals surface area contributed by atoms with E-state index in [1.54, 1.807) is 0 Å². The van der Waals surface area contributed by atoms with E-state index in [-0.39, 0.29) is 0 Å². The van der Waals surface area contributed by atoms with Gasteiger partial charge in [0, 0.05) is 16.5 Å². The lowest BCUT2D eigenvalue weighted by Gasteiger charge is -2.13. The van der Waals surface area contributed by atoms with Crippen LogP contribution in [0.2, 0.25) is 0 Å². The summed E-state index contributed by atoms with van der Waals surface area (Å²) in [6.45, 7) is 1.88. The largest absolute Gasteiger partial charge is 0.493 e. The van der Waals surface area contributed by atoms with Gasteiger partial charge in [-0.25, -0.2) is 0 Å². The highest BCUT2D eigenvalue weighted by Crippen LogP contribution is 2.34. The van der Waals surface area contributed by atoms with Gasteiger partial charge < -0.3 is 15.2 Å². The molecule has 0 aliphatic carbocycles. The van der Waals surface area contributed by atoms with Gasteiger partial charge in [0.1, 0.15) is 18.1 Å². The zero-order valence-corrected chi connectivity index (χ0v) is 13.4. The summed E-state index contributed by atoms with van der Waals surface area (Å²) in [5.74, 6) is 1.88. The van der Waals surface area contributed by atoms with Gasteiger partial charge in [-0.15, -0.1) is 0 Å². The van der Waals surface area contributed by atoms with E-state index in [0.717, 1.165) is 46.5 Å². The molecule has 0 bridgehead atoms. The molecular formula is C17H18BrNO2. The van der Waals surface area contributed by atoms with E-state index in [1.807, 2.05) is 18.2 Å². The van der Waals surface area contributed by atoms with Crippen molar-refractivity contribution in [1.29, 1.82) is 0 Å². The molecule has 2 N–H and O–H groups in total. The predicted molar refractivity (Wildman–Crippen MR) is 86.9 cm³/mol. The first-order valence-electron chi connectivity index (χ1n) is 7.13. The van der Waals surface area contributed by atoms with E-state index in [4.69, 9.17) is 15.2 Å². The molecule has 1 aliphatic rings. The highest BCUT2D eigenvalue weighted by atomic mass is 79.9. The molecule has 1 aliphatic heterocycles. The lowest BCUT2D eigenvalue weighted by Crippen LogP contribution is -2.06. The van der Waals surface area contributed by atoms with Crippen molar-refractivity contribution in [2.24, 2.45) is 5.73 Å². The van der Waals surface area contributed by atoms with Crippen molar-refractivity contribution < 1.29 is 9.47 Å². The van der Waals surface area contributed by atoms with Crippen LogP contribution in [0.4, 0.5) is 0 Å². The maximum atomic E-state index is 6.00. The molecule has 2 aromatic carbocycles. The molecule has 2 aromatic rings. The molecule has 3 nitrogen and oxygen atoms in total. The van der Waals surface area contributed by atoms with Gasteiger partial charge in [0.15, 0.2) is 0 Å². The van der Waals surface area contributed by atoms with Crippen molar-refractivity contribution in [3.63, 3.8) is 0 Å². The highest BCUT2D eigenvalue weighted by molar-refractivity contribution is 9.10. The Balaban J connectivity index is 1.80. The number of nitrogens with two attached hydrogens (primary N) is 1. The molecule has 0 spiro atoms. The molecular weight excluding hydrogens is 330 g/mol. The van der Waals surface area contributed by atoms with Gasteiger partial charge >= 0.3 is 0 Å². The average molecular weight is 348 g/mol. The van der Waals surface area contributed by atoms with Crippen molar-refractivity contribution in [2.75, 3.05) is 13.2 Å². The van der Waals surface area contributed by atoms with Crippen molar-refractivity contribution in [3.8, 4) is 11.5 Å². The smallest absolute Gasteiger partial charge is 0.129 e. The predicted octanol–water partition coefficient (Wildman–Crippen LogP) is 3.46. The lowest BCUT2D eigenvalue weighted by atomic mass is 10.1. The Morgan fingerprint density at radius 3 is 2.90 bits per heavy atom. The zero-order valence-electron chi connectivity index (χ0n) is 11.8. The molecule has 0 amide bonds. The standard InChI is InChI=1S/C17H18BrNO2/c18-15-9-13-6-8-20-17(13)14(10-15)11-21-16-4-2-1-3-12(16)5-7-19/h1-4,9-10H,5-8,11,19H2. The van der Waals surface area contributed by atoms with Crippen LogP contribution in [0, 0.1) is 0 Å². The molecule has 0 unspecified atom stereocenters. The van der Waals surface area contributed by atoms with E-state index in [9.17, 15) is 0 Å². The Bertz CT molecular complexity index is 643. The third-order valence-corrected chi connectivity index (χ3v) is 4.05. The monoisotopic (exact) mass is 347 g/mol. The van der Waals surface area contributed by atoms with Crippen molar-refractivity contribution in [3.05, 3.63) is 57.6 Å². The van der Waals surface area contributed by atoms with Crippen LogP contribution in [-0.4, -0.2) is 13.2 Å². The number of ether oxygens (including phenoxy) is 2. The summed E-state index contributed by atoms with van der Waals surface area (Å²) >= 11 is 3.55. The maximum Gasteiger partial charge on any atom is 0.129 e. The maximum absolute atomic E-state index is 6.00. The topological polar surface area (TPSA) is 44.5 Å². The van der Waals surface area contributed by atoms with Gasteiger partial charge in [0.05, 0.1) is 6.61 Å². The van der Waals surface area contributed by atoms with Crippen molar-refractivity contribution in [2.45, 2.75) is 19.4 Å². The zero-order chi connectivity index (χ0) is 14.7. The number of para-hydroxylation sites is 1. The summed E-state index contributed by atoms with van der Waals surface area (Å²) in [6, 6.07) is 12.2. The fraction of sp³-hybridized carbons (Fsp3) is 0.294. The molecule has 0 saturated carbocycles. The van der Waals surface area contributed by atoms with Crippen LogP contribution in [0.3, 0.4) is 0 Å². The summed E-state index contributed by atoms with van der Waals surface area (Å²) in [7, 11) is 0. The van der Waals surface area contributed by atoms with E-state index in [1.165, 1.54) is 5.56 Å². The van der Waals surface area contributed by atoms with Crippen LogP contribution in [0.25, 0.3) is 0 Å². The van der Waals surface area contributed by atoms with Crippen LogP contribution < -0.4 is 15.2 Å². The quantitative estimate of drug-likeness (QED) is 0.900. The van der Waals surface area contributed by atoms with E-state index < -0.39 is 0 Å². The first-order chi connectivity index (χ1) is 10.3. The molecule has 0 radical (unpaired) electrons. The van der Waals surface area contributed by atoms with E-state index in [2.05, 4.69) is 34.1 Å². The Kier molecular flexibility index (Phi) is 4.46. The number of hydrogen-bond acceptors (Lipinski definition) is 3. The highest BCUT2D eigenvalue weighted by Gasteiger charge is 2.18.